The second-order valence-corrected chi connectivity index (χ2v) is 12.4. The second-order valence-electron chi connectivity index (χ2n) is 12.4. The number of nitriles is 1. The lowest BCUT2D eigenvalue weighted by Crippen LogP contribution is -2.29. The third-order valence-corrected chi connectivity index (χ3v) is 9.16. The van der Waals surface area contributed by atoms with E-state index in [1.54, 1.807) is 0 Å². The summed E-state index contributed by atoms with van der Waals surface area (Å²) < 4.78 is 39.4. The lowest BCUT2D eigenvalue weighted by molar-refractivity contribution is -0.157. The van der Waals surface area contributed by atoms with Gasteiger partial charge in [0.1, 0.15) is 12.2 Å². The van der Waals surface area contributed by atoms with Gasteiger partial charge in [-0.2, -0.15) is 5.26 Å². The molecule has 1 aromatic carbocycles. The normalized spacial score (nSPS) is 23.9. The van der Waals surface area contributed by atoms with Gasteiger partial charge >= 0.3 is 11.9 Å². The molecule has 42 heavy (non-hydrogen) atoms. The van der Waals surface area contributed by atoms with Gasteiger partial charge < -0.3 is 9.47 Å². The van der Waals surface area contributed by atoms with E-state index in [2.05, 4.69) is 32.0 Å². The largest absolute Gasteiger partial charge is 0.460 e. The minimum Gasteiger partial charge on any atom is -0.460 e. The van der Waals surface area contributed by atoms with Crippen molar-refractivity contribution in [2.75, 3.05) is 0 Å². The Kier molecular flexibility index (Phi) is 14.8. The highest BCUT2D eigenvalue weighted by molar-refractivity contribution is 5.75. The fourth-order valence-electron chi connectivity index (χ4n) is 6.50. The van der Waals surface area contributed by atoms with Gasteiger partial charge in [0.25, 0.3) is 0 Å². The quantitative estimate of drug-likeness (QED) is 0.142. The Morgan fingerprint density at radius 1 is 0.762 bits per heavy atom. The molecule has 2 aliphatic carbocycles. The Morgan fingerprint density at radius 2 is 1.24 bits per heavy atom. The van der Waals surface area contributed by atoms with E-state index in [4.69, 9.17) is 9.47 Å². The van der Waals surface area contributed by atoms with Crippen molar-refractivity contribution in [3.8, 4) is 6.07 Å². The lowest BCUT2D eigenvalue weighted by atomic mass is 9.78. The fraction of sp³-hybridized carbons (Fsp3) is 0.743. The monoisotopic (exact) mass is 587 g/mol. The number of carbonyl (C=O) groups excluding carboxylic acids is 2. The van der Waals surface area contributed by atoms with Crippen molar-refractivity contribution >= 4 is 11.9 Å². The number of halogens is 2. The number of hydrogen-bond donors (Lipinski definition) is 0. The van der Waals surface area contributed by atoms with Gasteiger partial charge in [-0.25, -0.2) is 18.4 Å². The van der Waals surface area contributed by atoms with Crippen molar-refractivity contribution < 1.29 is 27.8 Å². The van der Waals surface area contributed by atoms with Crippen LogP contribution in [0.4, 0.5) is 8.78 Å². The zero-order valence-corrected chi connectivity index (χ0v) is 25.8. The smallest absolute Gasteiger partial charge is 0.340 e. The minimum atomic E-state index is -1.54. The van der Waals surface area contributed by atoms with Gasteiger partial charge in [0.05, 0.1) is 11.6 Å². The molecular weight excluding hydrogens is 536 g/mol. The maximum Gasteiger partial charge on any atom is 0.340 e. The average Bonchev–Trinajstić information content (AvgIpc) is 3.01. The summed E-state index contributed by atoms with van der Waals surface area (Å²) in [7, 11) is 0. The van der Waals surface area contributed by atoms with Crippen LogP contribution in [0.2, 0.25) is 0 Å². The molecule has 2 aliphatic rings. The summed E-state index contributed by atoms with van der Waals surface area (Å²) in [5, 5.41) is 9.94. The Morgan fingerprint density at radius 3 is 1.69 bits per heavy atom. The molecular formula is C35H51F2NO4. The Bertz CT molecular complexity index is 1010. The van der Waals surface area contributed by atoms with Crippen LogP contribution < -0.4 is 0 Å². The van der Waals surface area contributed by atoms with Crippen LogP contribution in [0.5, 0.6) is 0 Å². The molecule has 0 radical (unpaired) electrons. The SMILES string of the molecule is CCCCCC[C@H](F)C(=O)OC1CCC(c2ccc(C3CCC(OC(=O)[C@@H](F)CCCCCC)CC3)c(C#N)c2)CC1. The van der Waals surface area contributed by atoms with Crippen LogP contribution in [0.3, 0.4) is 0 Å². The number of hydrogen-bond acceptors (Lipinski definition) is 5. The Hall–Kier alpha value is -2.49. The number of nitrogens with zero attached hydrogens (tertiary/aromatic N) is 1. The molecule has 0 bridgehead atoms. The highest BCUT2D eigenvalue weighted by Crippen LogP contribution is 2.39. The van der Waals surface area contributed by atoms with Crippen molar-refractivity contribution in [2.24, 2.45) is 0 Å². The summed E-state index contributed by atoms with van der Waals surface area (Å²) in [6.45, 7) is 4.20. The molecule has 0 aromatic heterocycles. The summed E-state index contributed by atoms with van der Waals surface area (Å²) in [6, 6.07) is 8.56. The summed E-state index contributed by atoms with van der Waals surface area (Å²) >= 11 is 0. The standard InChI is InChI=1S/C35H51F2NO4/c1-3-5-7-9-11-32(36)34(39)41-29-18-13-25(14-19-29)27-17-22-31(28(23-27)24-38)26-15-20-30(21-16-26)42-35(40)33(37)12-10-8-6-4-2/h17,22-23,25-26,29-30,32-33H,3-16,18-21H2,1-2H3/t25?,26?,29?,30?,32-,33-/m0/s1. The molecule has 7 heteroatoms. The molecule has 0 N–H and O–H groups in total. The summed E-state index contributed by atoms with van der Waals surface area (Å²) in [5.41, 5.74) is 2.83. The summed E-state index contributed by atoms with van der Waals surface area (Å²) in [6.07, 6.45) is 10.4. The van der Waals surface area contributed by atoms with Gasteiger partial charge in [0.2, 0.25) is 0 Å². The first-order valence-electron chi connectivity index (χ1n) is 16.6. The van der Waals surface area contributed by atoms with E-state index in [0.717, 1.165) is 75.3 Å². The van der Waals surface area contributed by atoms with Crippen LogP contribution in [0.25, 0.3) is 0 Å². The van der Waals surface area contributed by atoms with Gasteiger partial charge in [-0.05, 0) is 106 Å². The molecule has 0 spiro atoms. The van der Waals surface area contributed by atoms with Crippen LogP contribution in [0.15, 0.2) is 18.2 Å². The van der Waals surface area contributed by atoms with Crippen molar-refractivity contribution in [1.82, 2.24) is 0 Å². The first-order chi connectivity index (χ1) is 20.4. The summed E-state index contributed by atoms with van der Waals surface area (Å²) in [4.78, 5) is 24.4. The number of alkyl halides is 2. The minimum absolute atomic E-state index is 0.213. The third-order valence-electron chi connectivity index (χ3n) is 9.16. The van der Waals surface area contributed by atoms with Crippen LogP contribution in [0, 0.1) is 11.3 Å². The van der Waals surface area contributed by atoms with E-state index < -0.39 is 24.3 Å². The lowest BCUT2D eigenvalue weighted by Gasteiger charge is -2.31. The van der Waals surface area contributed by atoms with Gasteiger partial charge in [0, 0.05) is 0 Å². The molecule has 0 aliphatic heterocycles. The number of carbonyl (C=O) groups is 2. The number of ether oxygens (including phenoxy) is 2. The predicted molar refractivity (Wildman–Crippen MR) is 161 cm³/mol. The predicted octanol–water partition coefficient (Wildman–Crippen LogP) is 9.31. The van der Waals surface area contributed by atoms with E-state index in [-0.39, 0.29) is 36.9 Å². The van der Waals surface area contributed by atoms with Gasteiger partial charge in [-0.15, -0.1) is 0 Å². The maximum atomic E-state index is 14.2. The van der Waals surface area contributed by atoms with E-state index in [0.29, 0.717) is 44.1 Å². The Balaban J connectivity index is 1.44. The van der Waals surface area contributed by atoms with Crippen molar-refractivity contribution in [3.05, 3.63) is 34.9 Å². The molecule has 5 nitrogen and oxygen atoms in total. The zero-order valence-electron chi connectivity index (χ0n) is 25.8. The number of benzene rings is 1. The van der Waals surface area contributed by atoms with Crippen LogP contribution in [-0.2, 0) is 19.1 Å². The van der Waals surface area contributed by atoms with E-state index in [9.17, 15) is 23.6 Å². The number of rotatable bonds is 16. The second kappa shape index (κ2) is 18.2. The van der Waals surface area contributed by atoms with E-state index in [1.165, 1.54) is 0 Å². The third kappa shape index (κ3) is 10.7. The van der Waals surface area contributed by atoms with Gasteiger partial charge in [0.15, 0.2) is 12.3 Å². The van der Waals surface area contributed by atoms with E-state index >= 15 is 0 Å². The van der Waals surface area contributed by atoms with Crippen LogP contribution in [-0.4, -0.2) is 36.5 Å². The molecule has 2 saturated carbocycles. The highest BCUT2D eigenvalue weighted by atomic mass is 19.1. The molecule has 0 unspecified atom stereocenters. The number of unbranched alkanes of at least 4 members (excludes halogenated alkanes) is 6. The number of esters is 2. The van der Waals surface area contributed by atoms with Crippen molar-refractivity contribution in [1.29, 1.82) is 5.26 Å². The van der Waals surface area contributed by atoms with Gasteiger partial charge in [-0.3, -0.25) is 0 Å². The van der Waals surface area contributed by atoms with Gasteiger partial charge in [-0.1, -0.05) is 64.5 Å². The molecule has 0 amide bonds. The highest BCUT2D eigenvalue weighted by Gasteiger charge is 2.31. The first-order valence-corrected chi connectivity index (χ1v) is 16.6. The zero-order chi connectivity index (χ0) is 30.3. The fourth-order valence-corrected chi connectivity index (χ4v) is 6.50. The average molecular weight is 588 g/mol. The molecule has 1 aromatic rings. The van der Waals surface area contributed by atoms with Crippen molar-refractivity contribution in [2.45, 2.75) is 166 Å². The molecule has 3 rings (SSSR count). The maximum absolute atomic E-state index is 14.2. The van der Waals surface area contributed by atoms with Crippen molar-refractivity contribution in [3.63, 3.8) is 0 Å². The van der Waals surface area contributed by atoms with E-state index in [1.807, 2.05) is 6.07 Å². The molecule has 234 valence electrons. The molecule has 2 atom stereocenters. The Labute approximate surface area is 251 Å². The topological polar surface area (TPSA) is 76.4 Å². The first kappa shape index (κ1) is 34.0. The molecule has 0 saturated heterocycles. The van der Waals surface area contributed by atoms with Crippen LogP contribution in [0.1, 0.15) is 158 Å². The molecule has 0 heterocycles. The van der Waals surface area contributed by atoms with Crippen LogP contribution >= 0.6 is 0 Å². The summed E-state index contributed by atoms with van der Waals surface area (Å²) in [5.74, 6) is -0.956. The molecule has 2 fully saturated rings.